The molecule has 2 aliphatic rings. The molecule has 1 aliphatic carbocycles. The van der Waals surface area contributed by atoms with E-state index in [0.717, 1.165) is 37.8 Å². The Kier molecular flexibility index (Phi) is 7.67. The van der Waals surface area contributed by atoms with Gasteiger partial charge in [-0.1, -0.05) is 12.1 Å². The van der Waals surface area contributed by atoms with Crippen LogP contribution in [0.3, 0.4) is 0 Å². The maximum Gasteiger partial charge on any atom is 0.453 e. The van der Waals surface area contributed by atoms with Crippen LogP contribution in [0.1, 0.15) is 43.0 Å². The smallest absolute Gasteiger partial charge is 0.453 e. The van der Waals surface area contributed by atoms with E-state index in [4.69, 9.17) is 10.5 Å². The number of carbonyl (C=O) groups is 1. The number of aromatic nitrogens is 4. The van der Waals surface area contributed by atoms with Gasteiger partial charge in [0.15, 0.2) is 0 Å². The van der Waals surface area contributed by atoms with E-state index in [9.17, 15) is 22.4 Å². The van der Waals surface area contributed by atoms with Gasteiger partial charge in [0.25, 0.3) is 5.82 Å². The molecule has 5 rings (SSSR count). The molecule has 4 atom stereocenters. The highest BCUT2D eigenvalue weighted by molar-refractivity contribution is 5.80. The Hall–Kier alpha value is -3.74. The van der Waals surface area contributed by atoms with Gasteiger partial charge in [-0.15, -0.1) is 5.10 Å². The molecule has 1 aliphatic heterocycles. The second-order valence-electron chi connectivity index (χ2n) is 10.4. The Morgan fingerprint density at radius 2 is 1.90 bits per heavy atom. The minimum Gasteiger partial charge on any atom is -0.495 e. The van der Waals surface area contributed by atoms with Crippen LogP contribution in [-0.4, -0.2) is 70.3 Å². The zero-order valence-corrected chi connectivity index (χ0v) is 22.2. The summed E-state index contributed by atoms with van der Waals surface area (Å²) < 4.78 is 60.7. The predicted octanol–water partition coefficient (Wildman–Crippen LogP) is 3.78. The zero-order valence-electron chi connectivity index (χ0n) is 22.2. The van der Waals surface area contributed by atoms with Crippen molar-refractivity contribution in [2.24, 2.45) is 11.7 Å². The SMILES string of the molecule is COc1ccc(-n2nnnc2C(F)(F)F)cc1N(C)C1CCC(CN2CCC[C@H]2C(N)=O)C1c1ccc(F)cc1. The zero-order chi connectivity index (χ0) is 28.6. The predicted molar refractivity (Wildman–Crippen MR) is 139 cm³/mol. The summed E-state index contributed by atoms with van der Waals surface area (Å²) in [5, 5.41) is 9.95. The van der Waals surface area contributed by atoms with Crippen LogP contribution in [-0.2, 0) is 11.0 Å². The van der Waals surface area contributed by atoms with Gasteiger partial charge >= 0.3 is 6.18 Å². The van der Waals surface area contributed by atoms with Gasteiger partial charge in [0.1, 0.15) is 11.6 Å². The number of carbonyl (C=O) groups excluding carboxylic acids is 1. The van der Waals surface area contributed by atoms with Gasteiger partial charge in [-0.25, -0.2) is 4.39 Å². The molecule has 3 unspecified atom stereocenters. The number of alkyl halides is 3. The Balaban J connectivity index is 1.50. The van der Waals surface area contributed by atoms with Crippen LogP contribution in [0.15, 0.2) is 42.5 Å². The van der Waals surface area contributed by atoms with Crippen molar-refractivity contribution in [3.05, 3.63) is 59.7 Å². The maximum atomic E-state index is 13.9. The summed E-state index contributed by atoms with van der Waals surface area (Å²) in [5.41, 5.74) is 7.32. The van der Waals surface area contributed by atoms with E-state index in [2.05, 4.69) is 20.4 Å². The molecule has 3 aromatic rings. The van der Waals surface area contributed by atoms with Gasteiger partial charge in [0.2, 0.25) is 5.91 Å². The summed E-state index contributed by atoms with van der Waals surface area (Å²) in [5.74, 6) is -1.33. The Morgan fingerprint density at radius 1 is 1.15 bits per heavy atom. The fourth-order valence-corrected chi connectivity index (χ4v) is 6.35. The summed E-state index contributed by atoms with van der Waals surface area (Å²) in [6.07, 6.45) is -1.50. The number of anilines is 1. The average molecular weight is 562 g/mol. The van der Waals surface area contributed by atoms with Crippen LogP contribution in [0, 0.1) is 11.7 Å². The lowest BCUT2D eigenvalue weighted by Crippen LogP contribution is -2.44. The molecule has 1 saturated heterocycles. The van der Waals surface area contributed by atoms with Gasteiger partial charge < -0.3 is 15.4 Å². The number of benzene rings is 2. The third kappa shape index (κ3) is 5.34. The summed E-state index contributed by atoms with van der Waals surface area (Å²) in [7, 11) is 3.37. The molecule has 0 spiro atoms. The molecule has 0 bridgehead atoms. The van der Waals surface area contributed by atoms with Gasteiger partial charge in [-0.05, 0) is 84.5 Å². The van der Waals surface area contributed by atoms with Crippen LogP contribution in [0.2, 0.25) is 0 Å². The molecule has 40 heavy (non-hydrogen) atoms. The molecule has 9 nitrogen and oxygen atoms in total. The summed E-state index contributed by atoms with van der Waals surface area (Å²) in [6, 6.07) is 10.6. The number of tetrazole rings is 1. The van der Waals surface area contributed by atoms with Gasteiger partial charge in [-0.3, -0.25) is 9.69 Å². The van der Waals surface area contributed by atoms with E-state index in [1.54, 1.807) is 24.3 Å². The largest absolute Gasteiger partial charge is 0.495 e. The van der Waals surface area contributed by atoms with Crippen LogP contribution < -0.4 is 15.4 Å². The monoisotopic (exact) mass is 561 g/mol. The Bertz CT molecular complexity index is 1350. The van der Waals surface area contributed by atoms with Gasteiger partial charge in [-0.2, -0.15) is 17.9 Å². The second-order valence-corrected chi connectivity index (χ2v) is 10.4. The maximum absolute atomic E-state index is 13.9. The molecular formula is C27H31F4N7O2. The lowest BCUT2D eigenvalue weighted by molar-refractivity contribution is -0.146. The molecule has 2 fully saturated rings. The minimum atomic E-state index is -4.74. The van der Waals surface area contributed by atoms with Crippen LogP contribution in [0.5, 0.6) is 5.75 Å². The fraction of sp³-hybridized carbons (Fsp3) is 0.481. The fourth-order valence-electron chi connectivity index (χ4n) is 6.35. The number of primary amides is 1. The number of hydrogen-bond donors (Lipinski definition) is 1. The number of likely N-dealkylation sites (N-methyl/N-ethyl adjacent to an activating group) is 1. The number of nitrogens with two attached hydrogens (primary N) is 1. The number of hydrogen-bond acceptors (Lipinski definition) is 7. The van der Waals surface area contributed by atoms with Crippen molar-refractivity contribution in [1.82, 2.24) is 25.1 Å². The molecule has 2 aromatic carbocycles. The molecule has 13 heteroatoms. The number of nitrogens with zero attached hydrogens (tertiary/aromatic N) is 6. The second kappa shape index (κ2) is 11.0. The quantitative estimate of drug-likeness (QED) is 0.418. The third-order valence-corrected chi connectivity index (χ3v) is 8.18. The Morgan fingerprint density at radius 3 is 2.58 bits per heavy atom. The van der Waals surface area contributed by atoms with Crippen molar-refractivity contribution >= 4 is 11.6 Å². The van der Waals surface area contributed by atoms with Crippen LogP contribution in [0.25, 0.3) is 5.69 Å². The van der Waals surface area contributed by atoms with Crippen molar-refractivity contribution in [1.29, 1.82) is 0 Å². The molecule has 0 radical (unpaired) electrons. The van der Waals surface area contributed by atoms with Crippen LogP contribution in [0.4, 0.5) is 23.2 Å². The molecule has 214 valence electrons. The third-order valence-electron chi connectivity index (χ3n) is 8.18. The topological polar surface area (TPSA) is 102 Å². The van der Waals surface area contributed by atoms with Crippen molar-refractivity contribution in [3.8, 4) is 11.4 Å². The average Bonchev–Trinajstić information content (AvgIpc) is 3.68. The number of rotatable bonds is 8. The van der Waals surface area contributed by atoms with E-state index >= 15 is 0 Å². The highest BCUT2D eigenvalue weighted by atomic mass is 19.4. The standard InChI is InChI=1S/C27H31F4N7O2/c1-36(22-14-19(10-12-23(22)40-2)38-26(27(29,30)31)33-34-35-38)20-11-7-17(15-37-13-3-4-21(37)25(32)39)24(20)16-5-8-18(28)9-6-16/h5-6,8-10,12,14,17,20-21,24H,3-4,7,11,13,15H2,1-2H3,(H2,32,39)/t17?,20?,21-,24?/m0/s1. The first-order chi connectivity index (χ1) is 19.1. The normalized spacial score (nSPS) is 23.4. The molecule has 1 amide bonds. The molecule has 1 aromatic heterocycles. The van der Waals surface area contributed by atoms with Gasteiger partial charge in [0.05, 0.1) is 24.5 Å². The summed E-state index contributed by atoms with van der Waals surface area (Å²) in [4.78, 5) is 16.2. The van der Waals surface area contributed by atoms with E-state index in [1.807, 2.05) is 11.9 Å². The Labute approximate surface area is 228 Å². The van der Waals surface area contributed by atoms with E-state index in [-0.39, 0.29) is 41.3 Å². The highest BCUT2D eigenvalue weighted by Crippen LogP contribution is 2.46. The van der Waals surface area contributed by atoms with Gasteiger partial charge in [0, 0.05) is 25.6 Å². The molecule has 1 saturated carbocycles. The van der Waals surface area contributed by atoms with Crippen molar-refractivity contribution in [3.63, 3.8) is 0 Å². The lowest BCUT2D eigenvalue weighted by Gasteiger charge is -2.36. The van der Waals surface area contributed by atoms with E-state index < -0.39 is 12.0 Å². The number of amides is 1. The summed E-state index contributed by atoms with van der Waals surface area (Å²) in [6.45, 7) is 1.45. The molecule has 2 N–H and O–H groups in total. The number of methoxy groups -OCH3 is 1. The number of likely N-dealkylation sites (tertiary alicyclic amines) is 1. The lowest BCUT2D eigenvalue weighted by atomic mass is 9.85. The van der Waals surface area contributed by atoms with Crippen molar-refractivity contribution in [2.75, 3.05) is 32.1 Å². The first-order valence-electron chi connectivity index (χ1n) is 13.1. The van der Waals surface area contributed by atoms with Crippen LogP contribution >= 0.6 is 0 Å². The first kappa shape index (κ1) is 27.8. The molecule has 2 heterocycles. The van der Waals surface area contributed by atoms with E-state index in [1.165, 1.54) is 25.3 Å². The minimum absolute atomic E-state index is 0.0492. The number of halogens is 4. The molecular weight excluding hydrogens is 530 g/mol. The summed E-state index contributed by atoms with van der Waals surface area (Å²) >= 11 is 0. The number of ether oxygens (including phenoxy) is 1. The van der Waals surface area contributed by atoms with E-state index in [0.29, 0.717) is 22.7 Å². The first-order valence-corrected chi connectivity index (χ1v) is 13.1. The van der Waals surface area contributed by atoms with Crippen molar-refractivity contribution < 1.29 is 27.1 Å². The van der Waals surface area contributed by atoms with Crippen molar-refractivity contribution in [2.45, 2.75) is 49.9 Å². The highest BCUT2D eigenvalue weighted by Gasteiger charge is 2.43.